The molecule has 0 heterocycles. The van der Waals surface area contributed by atoms with Crippen LogP contribution in [-0.4, -0.2) is 23.3 Å². The number of halogens is 2. The number of carbonyl (C=O) groups excluding carboxylic acids is 1. The summed E-state index contributed by atoms with van der Waals surface area (Å²) in [5.74, 6) is -1.53. The maximum atomic E-state index is 13.0. The zero-order valence-corrected chi connectivity index (χ0v) is 11.8. The van der Waals surface area contributed by atoms with Crippen molar-refractivity contribution in [2.45, 2.75) is 32.8 Å². The summed E-state index contributed by atoms with van der Waals surface area (Å²) >= 11 is 0. The molecule has 20 heavy (non-hydrogen) atoms. The van der Waals surface area contributed by atoms with Crippen molar-refractivity contribution in [3.63, 3.8) is 0 Å². The van der Waals surface area contributed by atoms with E-state index in [9.17, 15) is 18.7 Å². The molecule has 3 N–H and O–H groups in total. The average Bonchev–Trinajstić information content (AvgIpc) is 2.34. The first kappa shape index (κ1) is 16.4. The van der Waals surface area contributed by atoms with Gasteiger partial charge >= 0.3 is 6.03 Å². The minimum absolute atomic E-state index is 0.00872. The Bertz CT molecular complexity index is 458. The third kappa shape index (κ3) is 4.77. The van der Waals surface area contributed by atoms with Gasteiger partial charge in [0.05, 0.1) is 5.60 Å². The van der Waals surface area contributed by atoms with Crippen molar-refractivity contribution in [3.8, 4) is 0 Å². The van der Waals surface area contributed by atoms with Crippen LogP contribution in [0.1, 0.15) is 27.2 Å². The van der Waals surface area contributed by atoms with Crippen LogP contribution in [0.25, 0.3) is 0 Å². The first-order valence-electron chi connectivity index (χ1n) is 6.48. The van der Waals surface area contributed by atoms with E-state index in [1.165, 1.54) is 0 Å². The molecule has 0 aromatic heterocycles. The lowest BCUT2D eigenvalue weighted by Gasteiger charge is -2.29. The van der Waals surface area contributed by atoms with Gasteiger partial charge in [-0.15, -0.1) is 0 Å². The van der Waals surface area contributed by atoms with E-state index in [-0.39, 0.29) is 18.2 Å². The van der Waals surface area contributed by atoms with Crippen LogP contribution in [0.2, 0.25) is 0 Å². The van der Waals surface area contributed by atoms with Gasteiger partial charge in [0.1, 0.15) is 11.6 Å². The molecule has 1 rings (SSSR count). The van der Waals surface area contributed by atoms with Crippen LogP contribution in [0.4, 0.5) is 19.3 Å². The van der Waals surface area contributed by atoms with E-state index < -0.39 is 23.3 Å². The molecule has 0 fully saturated rings. The van der Waals surface area contributed by atoms with E-state index in [1.54, 1.807) is 6.92 Å². The number of amides is 2. The molecular weight excluding hydrogens is 266 g/mol. The number of carbonyl (C=O) groups is 1. The number of urea groups is 1. The third-order valence-corrected chi connectivity index (χ3v) is 3.40. The molecule has 0 spiro atoms. The molecular formula is C14H20F2N2O2. The fourth-order valence-corrected chi connectivity index (χ4v) is 1.67. The van der Waals surface area contributed by atoms with Gasteiger partial charge in [-0.3, -0.25) is 0 Å². The molecule has 1 aromatic carbocycles. The van der Waals surface area contributed by atoms with E-state index in [0.29, 0.717) is 0 Å². The lowest BCUT2D eigenvalue weighted by molar-refractivity contribution is 0.00827. The number of rotatable bonds is 5. The molecule has 0 saturated carbocycles. The van der Waals surface area contributed by atoms with Gasteiger partial charge in [0.25, 0.3) is 0 Å². The van der Waals surface area contributed by atoms with Gasteiger partial charge in [0.2, 0.25) is 0 Å². The summed E-state index contributed by atoms with van der Waals surface area (Å²) < 4.78 is 25.9. The molecule has 4 nitrogen and oxygen atoms in total. The van der Waals surface area contributed by atoms with E-state index >= 15 is 0 Å². The van der Waals surface area contributed by atoms with E-state index in [2.05, 4.69) is 10.6 Å². The second kappa shape index (κ2) is 6.65. The Morgan fingerprint density at radius 2 is 1.90 bits per heavy atom. The molecule has 2 atom stereocenters. The van der Waals surface area contributed by atoms with Crippen LogP contribution in [0.3, 0.4) is 0 Å². The summed E-state index contributed by atoms with van der Waals surface area (Å²) in [6.45, 7) is 5.49. The summed E-state index contributed by atoms with van der Waals surface area (Å²) in [6, 6.07) is 2.11. The van der Waals surface area contributed by atoms with Crippen molar-refractivity contribution >= 4 is 11.7 Å². The largest absolute Gasteiger partial charge is 0.388 e. The van der Waals surface area contributed by atoms with Crippen LogP contribution in [0.5, 0.6) is 0 Å². The Morgan fingerprint density at radius 1 is 1.35 bits per heavy atom. The van der Waals surface area contributed by atoms with Gasteiger partial charge in [0.15, 0.2) is 0 Å². The summed E-state index contributed by atoms with van der Waals surface area (Å²) in [7, 11) is 0. The Labute approximate surface area is 117 Å². The smallest absolute Gasteiger partial charge is 0.319 e. The normalized spacial score (nSPS) is 15.3. The van der Waals surface area contributed by atoms with Crippen molar-refractivity contribution in [2.24, 2.45) is 5.92 Å². The van der Waals surface area contributed by atoms with Gasteiger partial charge < -0.3 is 15.7 Å². The molecule has 2 amide bonds. The molecule has 6 heteroatoms. The van der Waals surface area contributed by atoms with Crippen molar-refractivity contribution in [2.75, 3.05) is 11.9 Å². The fourth-order valence-electron chi connectivity index (χ4n) is 1.67. The van der Waals surface area contributed by atoms with Gasteiger partial charge in [-0.2, -0.15) is 0 Å². The lowest BCUT2D eigenvalue weighted by atomic mass is 9.89. The van der Waals surface area contributed by atoms with Crippen LogP contribution in [0, 0.1) is 17.6 Å². The number of hydrogen-bond acceptors (Lipinski definition) is 2. The molecule has 0 aliphatic heterocycles. The second-order valence-corrected chi connectivity index (χ2v) is 5.13. The zero-order valence-electron chi connectivity index (χ0n) is 11.8. The van der Waals surface area contributed by atoms with Gasteiger partial charge in [0, 0.05) is 18.3 Å². The molecule has 0 aliphatic rings. The first-order chi connectivity index (χ1) is 9.24. The number of benzene rings is 1. The Kier molecular flexibility index (Phi) is 5.44. The minimum Gasteiger partial charge on any atom is -0.388 e. The number of anilines is 1. The predicted octanol–water partition coefficient (Wildman–Crippen LogP) is 2.88. The maximum Gasteiger partial charge on any atom is 0.319 e. The van der Waals surface area contributed by atoms with Crippen molar-refractivity contribution in [3.05, 3.63) is 29.8 Å². The SMILES string of the molecule is CCC(C)C(C)(O)CNC(=O)Nc1cc(F)cc(F)c1. The highest BCUT2D eigenvalue weighted by Gasteiger charge is 2.27. The fraction of sp³-hybridized carbons (Fsp3) is 0.500. The first-order valence-corrected chi connectivity index (χ1v) is 6.48. The molecule has 1 aromatic rings. The van der Waals surface area contributed by atoms with E-state index in [4.69, 9.17) is 0 Å². The number of nitrogens with one attached hydrogen (secondary N) is 2. The average molecular weight is 286 g/mol. The predicted molar refractivity (Wildman–Crippen MR) is 73.5 cm³/mol. The monoisotopic (exact) mass is 286 g/mol. The third-order valence-electron chi connectivity index (χ3n) is 3.40. The quantitative estimate of drug-likeness (QED) is 0.779. The van der Waals surface area contributed by atoms with E-state index in [0.717, 1.165) is 24.6 Å². The highest BCUT2D eigenvalue weighted by Crippen LogP contribution is 2.19. The molecule has 112 valence electrons. The van der Waals surface area contributed by atoms with Crippen LogP contribution >= 0.6 is 0 Å². The Balaban J connectivity index is 2.56. The van der Waals surface area contributed by atoms with Crippen molar-refractivity contribution < 1.29 is 18.7 Å². The van der Waals surface area contributed by atoms with Gasteiger partial charge in [-0.1, -0.05) is 20.3 Å². The molecule has 0 radical (unpaired) electrons. The summed E-state index contributed by atoms with van der Waals surface area (Å²) in [5.41, 5.74) is -1.03. The van der Waals surface area contributed by atoms with Crippen LogP contribution in [-0.2, 0) is 0 Å². The molecule has 2 unspecified atom stereocenters. The molecule has 0 saturated heterocycles. The molecule has 0 bridgehead atoms. The van der Waals surface area contributed by atoms with Crippen LogP contribution < -0.4 is 10.6 Å². The van der Waals surface area contributed by atoms with Gasteiger partial charge in [-0.05, 0) is 25.0 Å². The summed E-state index contributed by atoms with van der Waals surface area (Å²) in [4.78, 5) is 11.6. The Morgan fingerprint density at radius 3 is 2.40 bits per heavy atom. The highest BCUT2D eigenvalue weighted by molar-refractivity contribution is 5.89. The summed E-state index contributed by atoms with van der Waals surface area (Å²) in [6.07, 6.45) is 0.769. The lowest BCUT2D eigenvalue weighted by Crippen LogP contribution is -2.46. The van der Waals surface area contributed by atoms with Crippen molar-refractivity contribution in [1.29, 1.82) is 0 Å². The van der Waals surface area contributed by atoms with Gasteiger partial charge in [-0.25, -0.2) is 13.6 Å². The minimum atomic E-state index is -1.04. The molecule has 0 aliphatic carbocycles. The highest BCUT2D eigenvalue weighted by atomic mass is 19.1. The second-order valence-electron chi connectivity index (χ2n) is 5.13. The van der Waals surface area contributed by atoms with Crippen molar-refractivity contribution in [1.82, 2.24) is 5.32 Å². The number of hydrogen-bond donors (Lipinski definition) is 3. The van der Waals surface area contributed by atoms with Crippen LogP contribution in [0.15, 0.2) is 18.2 Å². The maximum absolute atomic E-state index is 13.0. The number of aliphatic hydroxyl groups is 1. The topological polar surface area (TPSA) is 61.4 Å². The Hall–Kier alpha value is -1.69. The standard InChI is InChI=1S/C14H20F2N2O2/c1-4-9(2)14(3,20)8-17-13(19)18-12-6-10(15)5-11(16)7-12/h5-7,9,20H,4,8H2,1-3H3,(H2,17,18,19). The van der Waals surface area contributed by atoms with E-state index in [1.807, 2.05) is 13.8 Å². The zero-order chi connectivity index (χ0) is 15.3. The summed E-state index contributed by atoms with van der Waals surface area (Å²) in [5, 5.41) is 14.9.